The summed E-state index contributed by atoms with van der Waals surface area (Å²) in [6, 6.07) is 7.52. The molecule has 0 saturated carbocycles. The Bertz CT molecular complexity index is 677. The SMILES string of the molecule is CC(C)c1nc(C=Cc2cccc(N)c2)sc1NC(=O)O. The quantitative estimate of drug-likeness (QED) is 0.742. The standard InChI is InChI=1S/C15H17N3O2S/c1-9(2)13-14(18-15(19)20)21-12(17-13)7-6-10-4-3-5-11(16)8-10/h3-9,18H,16H2,1-2H3,(H,19,20). The highest BCUT2D eigenvalue weighted by Gasteiger charge is 2.14. The molecule has 2 aromatic rings. The molecule has 0 spiro atoms. The van der Waals surface area contributed by atoms with E-state index in [-0.39, 0.29) is 5.92 Å². The van der Waals surface area contributed by atoms with Crippen LogP contribution < -0.4 is 11.1 Å². The Morgan fingerprint density at radius 3 is 2.81 bits per heavy atom. The molecule has 0 fully saturated rings. The first-order valence-corrected chi connectivity index (χ1v) is 7.31. The van der Waals surface area contributed by atoms with E-state index in [0.717, 1.165) is 16.3 Å². The van der Waals surface area contributed by atoms with Gasteiger partial charge in [-0.05, 0) is 29.7 Å². The molecule has 1 aromatic carbocycles. The number of nitrogens with zero attached hydrogens (tertiary/aromatic N) is 1. The Kier molecular flexibility index (Phi) is 4.59. The fraction of sp³-hybridized carbons (Fsp3) is 0.200. The van der Waals surface area contributed by atoms with E-state index < -0.39 is 6.09 Å². The van der Waals surface area contributed by atoms with Crippen molar-refractivity contribution in [2.45, 2.75) is 19.8 Å². The van der Waals surface area contributed by atoms with Crippen molar-refractivity contribution in [3.05, 3.63) is 40.5 Å². The molecule has 0 aliphatic rings. The number of thiazole rings is 1. The topological polar surface area (TPSA) is 88.2 Å². The average molecular weight is 303 g/mol. The third-order valence-electron chi connectivity index (χ3n) is 2.77. The summed E-state index contributed by atoms with van der Waals surface area (Å²) in [5.74, 6) is 0.151. The van der Waals surface area contributed by atoms with Gasteiger partial charge >= 0.3 is 6.09 Å². The fourth-order valence-electron chi connectivity index (χ4n) is 1.83. The highest BCUT2D eigenvalue weighted by molar-refractivity contribution is 7.16. The van der Waals surface area contributed by atoms with Crippen molar-refractivity contribution in [1.82, 2.24) is 4.98 Å². The molecular weight excluding hydrogens is 286 g/mol. The molecule has 6 heteroatoms. The Morgan fingerprint density at radius 2 is 2.19 bits per heavy atom. The summed E-state index contributed by atoms with van der Waals surface area (Å²) < 4.78 is 0. The van der Waals surface area contributed by atoms with Crippen molar-refractivity contribution in [2.75, 3.05) is 11.1 Å². The van der Waals surface area contributed by atoms with Crippen LogP contribution in [0.5, 0.6) is 0 Å². The van der Waals surface area contributed by atoms with Gasteiger partial charge < -0.3 is 10.8 Å². The monoisotopic (exact) mass is 303 g/mol. The number of aromatic nitrogens is 1. The number of hydrogen-bond acceptors (Lipinski definition) is 4. The molecule has 1 heterocycles. The van der Waals surface area contributed by atoms with Crippen LogP contribution in [0, 0.1) is 0 Å². The lowest BCUT2D eigenvalue weighted by atomic mass is 10.1. The number of amides is 1. The Balaban J connectivity index is 2.26. The van der Waals surface area contributed by atoms with E-state index in [1.165, 1.54) is 11.3 Å². The molecule has 21 heavy (non-hydrogen) atoms. The summed E-state index contributed by atoms with van der Waals surface area (Å²) in [4.78, 5) is 15.3. The minimum absolute atomic E-state index is 0.151. The number of benzene rings is 1. The number of nitrogens with two attached hydrogens (primary N) is 1. The molecule has 5 nitrogen and oxygen atoms in total. The third-order valence-corrected chi connectivity index (χ3v) is 3.72. The van der Waals surface area contributed by atoms with E-state index in [2.05, 4.69) is 10.3 Å². The van der Waals surface area contributed by atoms with Crippen molar-refractivity contribution in [2.24, 2.45) is 0 Å². The third kappa shape index (κ3) is 4.06. The van der Waals surface area contributed by atoms with Crippen molar-refractivity contribution < 1.29 is 9.90 Å². The molecule has 2 rings (SSSR count). The second-order valence-electron chi connectivity index (χ2n) is 4.85. The summed E-state index contributed by atoms with van der Waals surface area (Å²) in [7, 11) is 0. The van der Waals surface area contributed by atoms with Crippen molar-refractivity contribution in [1.29, 1.82) is 0 Å². The van der Waals surface area contributed by atoms with Crippen LogP contribution in [0.2, 0.25) is 0 Å². The summed E-state index contributed by atoms with van der Waals surface area (Å²) in [6.45, 7) is 3.96. The number of rotatable bonds is 4. The predicted octanol–water partition coefficient (Wildman–Crippen LogP) is 4.11. The van der Waals surface area contributed by atoms with Crippen molar-refractivity contribution in [3.63, 3.8) is 0 Å². The summed E-state index contributed by atoms with van der Waals surface area (Å²) >= 11 is 1.32. The van der Waals surface area contributed by atoms with E-state index in [4.69, 9.17) is 10.8 Å². The lowest BCUT2D eigenvalue weighted by Gasteiger charge is -2.03. The highest BCUT2D eigenvalue weighted by Crippen LogP contribution is 2.31. The Morgan fingerprint density at radius 1 is 1.43 bits per heavy atom. The number of nitrogens with one attached hydrogen (secondary N) is 1. The minimum Gasteiger partial charge on any atom is -0.465 e. The van der Waals surface area contributed by atoms with E-state index in [1.54, 1.807) is 0 Å². The number of nitrogen functional groups attached to an aromatic ring is 1. The second-order valence-corrected chi connectivity index (χ2v) is 5.89. The zero-order chi connectivity index (χ0) is 15.4. The highest BCUT2D eigenvalue weighted by atomic mass is 32.1. The second kappa shape index (κ2) is 6.41. The van der Waals surface area contributed by atoms with Crippen LogP contribution in [-0.4, -0.2) is 16.2 Å². The van der Waals surface area contributed by atoms with Gasteiger partial charge in [0, 0.05) is 5.69 Å². The summed E-state index contributed by atoms with van der Waals surface area (Å²) in [6.07, 6.45) is 2.69. The molecule has 110 valence electrons. The van der Waals surface area contributed by atoms with Gasteiger partial charge in [-0.1, -0.05) is 43.4 Å². The Hall–Kier alpha value is -2.34. The number of carbonyl (C=O) groups is 1. The van der Waals surface area contributed by atoms with Gasteiger partial charge in [0.1, 0.15) is 10.0 Å². The molecule has 0 aliphatic heterocycles. The largest absolute Gasteiger partial charge is 0.465 e. The predicted molar refractivity (Wildman–Crippen MR) is 87.6 cm³/mol. The van der Waals surface area contributed by atoms with E-state index in [9.17, 15) is 4.79 Å². The first-order valence-electron chi connectivity index (χ1n) is 6.50. The van der Waals surface area contributed by atoms with Crippen LogP contribution in [0.3, 0.4) is 0 Å². The van der Waals surface area contributed by atoms with Crippen LogP contribution in [0.25, 0.3) is 12.2 Å². The molecule has 0 bridgehead atoms. The average Bonchev–Trinajstić information content (AvgIpc) is 2.79. The maximum absolute atomic E-state index is 10.8. The molecule has 0 saturated heterocycles. The maximum Gasteiger partial charge on any atom is 0.409 e. The van der Waals surface area contributed by atoms with E-state index in [1.807, 2.05) is 50.3 Å². The van der Waals surface area contributed by atoms with Gasteiger partial charge in [0.2, 0.25) is 0 Å². The van der Waals surface area contributed by atoms with E-state index >= 15 is 0 Å². The van der Waals surface area contributed by atoms with Gasteiger partial charge in [0.15, 0.2) is 0 Å². The van der Waals surface area contributed by atoms with Crippen LogP contribution in [0.15, 0.2) is 24.3 Å². The lowest BCUT2D eigenvalue weighted by molar-refractivity contribution is 0.210. The van der Waals surface area contributed by atoms with Crippen LogP contribution in [0.1, 0.15) is 36.0 Å². The lowest BCUT2D eigenvalue weighted by Crippen LogP contribution is -2.08. The van der Waals surface area contributed by atoms with Gasteiger partial charge in [0.05, 0.1) is 5.69 Å². The molecule has 1 aromatic heterocycles. The van der Waals surface area contributed by atoms with Crippen molar-refractivity contribution >= 4 is 40.3 Å². The molecular formula is C15H17N3O2S. The summed E-state index contributed by atoms with van der Waals surface area (Å²) in [5.41, 5.74) is 8.16. The molecule has 0 atom stereocenters. The maximum atomic E-state index is 10.8. The number of carboxylic acid groups (broad SMARTS) is 1. The number of hydrogen-bond donors (Lipinski definition) is 3. The normalized spacial score (nSPS) is 11.2. The Labute approximate surface area is 127 Å². The molecule has 0 radical (unpaired) electrons. The fourth-order valence-corrected chi connectivity index (χ4v) is 2.84. The van der Waals surface area contributed by atoms with Crippen LogP contribution >= 0.6 is 11.3 Å². The molecule has 1 amide bonds. The first kappa shape index (κ1) is 15.1. The summed E-state index contributed by atoms with van der Waals surface area (Å²) in [5, 5.41) is 12.6. The van der Waals surface area contributed by atoms with Gasteiger partial charge in [0.25, 0.3) is 0 Å². The zero-order valence-electron chi connectivity index (χ0n) is 11.8. The van der Waals surface area contributed by atoms with Crippen LogP contribution in [0.4, 0.5) is 15.5 Å². The van der Waals surface area contributed by atoms with Gasteiger partial charge in [-0.2, -0.15) is 0 Å². The van der Waals surface area contributed by atoms with Gasteiger partial charge in [-0.25, -0.2) is 9.78 Å². The molecule has 0 unspecified atom stereocenters. The zero-order valence-corrected chi connectivity index (χ0v) is 12.6. The van der Waals surface area contributed by atoms with Crippen molar-refractivity contribution in [3.8, 4) is 0 Å². The molecule has 4 N–H and O–H groups in total. The van der Waals surface area contributed by atoms with Gasteiger partial charge in [-0.15, -0.1) is 0 Å². The van der Waals surface area contributed by atoms with Gasteiger partial charge in [-0.3, -0.25) is 5.32 Å². The first-order chi connectivity index (χ1) is 9.95. The number of anilines is 2. The van der Waals surface area contributed by atoms with Crippen LogP contribution in [-0.2, 0) is 0 Å². The smallest absolute Gasteiger partial charge is 0.409 e. The minimum atomic E-state index is -1.08. The van der Waals surface area contributed by atoms with E-state index in [0.29, 0.717) is 10.7 Å². The molecule has 0 aliphatic carbocycles.